The van der Waals surface area contributed by atoms with Crippen molar-refractivity contribution in [3.63, 3.8) is 0 Å². The lowest BCUT2D eigenvalue weighted by Gasteiger charge is -2.47. The molecule has 0 radical (unpaired) electrons. The molecule has 256 valence electrons. The first-order valence-corrected chi connectivity index (χ1v) is 14.4. The number of hydrogen-bond acceptors (Lipinski definition) is 17. The van der Waals surface area contributed by atoms with Gasteiger partial charge in [-0.15, -0.1) is 0 Å². The van der Waals surface area contributed by atoms with E-state index in [1.807, 2.05) is 0 Å². The molecule has 17 nitrogen and oxygen atoms in total. The molecule has 0 bridgehead atoms. The molecule has 0 aliphatic carbocycles. The molecule has 11 N–H and O–H groups in total. The first kappa shape index (κ1) is 34.3. The Morgan fingerprint density at radius 3 is 2.20 bits per heavy atom. The molecule has 2 unspecified atom stereocenters. The average molecular weight is 659 g/mol. The van der Waals surface area contributed by atoms with Gasteiger partial charge in [-0.3, -0.25) is 0 Å². The first-order valence-electron chi connectivity index (χ1n) is 14.4. The van der Waals surface area contributed by atoms with E-state index in [2.05, 4.69) is 0 Å². The van der Waals surface area contributed by atoms with Gasteiger partial charge < -0.3 is 84.6 Å². The Morgan fingerprint density at radius 1 is 0.804 bits per heavy atom. The average Bonchev–Trinajstić information content (AvgIpc) is 3.02. The van der Waals surface area contributed by atoms with Gasteiger partial charge in [-0.2, -0.15) is 0 Å². The van der Waals surface area contributed by atoms with Gasteiger partial charge in [0.25, 0.3) is 0 Å². The maximum atomic E-state index is 11.9. The molecule has 46 heavy (non-hydrogen) atoms. The second kappa shape index (κ2) is 13.6. The standard InChI is InChI=1S/C29H38O17/c1-11-20(34)22(36)24(38)27(43-11)42-10-19-21(35)23(37)25(39)28(45-19)46-29(40)9-14-16(32)7-13(41-5-4-30)8-18(14)44-26(29)12-2-3-15(31)17(33)6-12/h2-3,6-8,11,19-28,30-40H,4-5,9-10H2,1H3/t11-,19-,20-,21-,22+,23+,24+,25-,26?,27-,28-,29?/m1/s1. The van der Waals surface area contributed by atoms with E-state index in [-0.39, 0.29) is 41.6 Å². The fourth-order valence-corrected chi connectivity index (χ4v) is 5.53. The predicted octanol–water partition coefficient (Wildman–Crippen LogP) is -2.79. The fraction of sp³-hybridized carbons (Fsp3) is 0.586. The molecule has 5 rings (SSSR count). The van der Waals surface area contributed by atoms with Gasteiger partial charge in [-0.1, -0.05) is 6.07 Å². The van der Waals surface area contributed by atoms with Crippen molar-refractivity contribution in [3.05, 3.63) is 41.5 Å². The molecule has 0 aromatic heterocycles. The van der Waals surface area contributed by atoms with Crippen LogP contribution in [0.25, 0.3) is 0 Å². The Kier molecular flexibility index (Phi) is 10.1. The van der Waals surface area contributed by atoms with Crippen LogP contribution >= 0.6 is 0 Å². The van der Waals surface area contributed by atoms with E-state index in [1.165, 1.54) is 25.1 Å². The maximum absolute atomic E-state index is 11.9. The van der Waals surface area contributed by atoms with E-state index >= 15 is 0 Å². The van der Waals surface area contributed by atoms with Gasteiger partial charge >= 0.3 is 0 Å². The molecule has 3 aliphatic rings. The van der Waals surface area contributed by atoms with Gasteiger partial charge in [0.05, 0.1) is 19.3 Å². The lowest BCUT2D eigenvalue weighted by atomic mass is 9.90. The summed E-state index contributed by atoms with van der Waals surface area (Å²) in [5.74, 6) is -3.80. The number of aliphatic hydroxyl groups is 8. The largest absolute Gasteiger partial charge is 0.507 e. The Hall–Kier alpha value is -3.04. The van der Waals surface area contributed by atoms with Crippen LogP contribution < -0.4 is 9.47 Å². The van der Waals surface area contributed by atoms with Gasteiger partial charge in [0.1, 0.15) is 66.6 Å². The van der Waals surface area contributed by atoms with Crippen molar-refractivity contribution >= 4 is 0 Å². The van der Waals surface area contributed by atoms with Gasteiger partial charge in [-0.05, 0) is 19.1 Å². The van der Waals surface area contributed by atoms with Gasteiger partial charge in [0, 0.05) is 29.7 Å². The minimum absolute atomic E-state index is 0.0261. The summed E-state index contributed by atoms with van der Waals surface area (Å²) in [6, 6.07) is 6.11. The van der Waals surface area contributed by atoms with Gasteiger partial charge in [-0.25, -0.2) is 0 Å². The Bertz CT molecular complexity index is 1360. The monoisotopic (exact) mass is 658 g/mol. The molecule has 2 aromatic rings. The number of hydrogen-bond donors (Lipinski definition) is 11. The molecule has 17 heteroatoms. The van der Waals surface area contributed by atoms with E-state index in [9.17, 15) is 51.1 Å². The number of aliphatic hydroxyl groups excluding tert-OH is 7. The predicted molar refractivity (Wildman–Crippen MR) is 149 cm³/mol. The summed E-state index contributed by atoms with van der Waals surface area (Å²) < 4.78 is 33.8. The lowest BCUT2D eigenvalue weighted by molar-refractivity contribution is -0.383. The van der Waals surface area contributed by atoms with Crippen LogP contribution in [0.2, 0.25) is 0 Å². The van der Waals surface area contributed by atoms with E-state index in [4.69, 9.17) is 33.5 Å². The molecule has 0 spiro atoms. The van der Waals surface area contributed by atoms with Crippen LogP contribution in [0.4, 0.5) is 0 Å². The Balaban J connectivity index is 1.41. The summed E-state index contributed by atoms with van der Waals surface area (Å²) in [5, 5.41) is 114. The van der Waals surface area contributed by atoms with E-state index < -0.39 is 97.8 Å². The number of benzene rings is 2. The second-order valence-corrected chi connectivity index (χ2v) is 11.4. The zero-order valence-electron chi connectivity index (χ0n) is 24.4. The summed E-state index contributed by atoms with van der Waals surface area (Å²) in [6.45, 7) is 0.440. The summed E-state index contributed by atoms with van der Waals surface area (Å²) in [5.41, 5.74) is 0.0934. The number of phenolic OH excluding ortho intramolecular Hbond substituents is 3. The van der Waals surface area contributed by atoms with Crippen molar-refractivity contribution in [2.24, 2.45) is 0 Å². The van der Waals surface area contributed by atoms with E-state index in [1.54, 1.807) is 0 Å². The number of rotatable bonds is 9. The topological polar surface area (TPSA) is 278 Å². The molecule has 3 aliphatic heterocycles. The third kappa shape index (κ3) is 6.68. The highest BCUT2D eigenvalue weighted by atomic mass is 16.8. The van der Waals surface area contributed by atoms with Gasteiger partial charge in [0.15, 0.2) is 30.2 Å². The normalized spacial score (nSPS) is 37.7. The molecule has 2 aromatic carbocycles. The van der Waals surface area contributed by atoms with Crippen LogP contribution in [0, 0.1) is 0 Å². The zero-order valence-corrected chi connectivity index (χ0v) is 24.4. The molecule has 2 fully saturated rings. The molecule has 12 atom stereocenters. The number of fused-ring (bicyclic) bond motifs is 1. The Labute approximate surface area is 261 Å². The molecule has 0 amide bonds. The summed E-state index contributed by atoms with van der Waals surface area (Å²) in [6.07, 6.45) is -18.1. The van der Waals surface area contributed by atoms with Crippen LogP contribution in [0.15, 0.2) is 30.3 Å². The molecular weight excluding hydrogens is 620 g/mol. The van der Waals surface area contributed by atoms with Crippen molar-refractivity contribution in [1.29, 1.82) is 0 Å². The molecule has 2 saturated heterocycles. The minimum atomic E-state index is -2.52. The third-order valence-electron chi connectivity index (χ3n) is 8.13. The van der Waals surface area contributed by atoms with Crippen molar-refractivity contribution < 1.29 is 84.6 Å². The van der Waals surface area contributed by atoms with Crippen LogP contribution in [0.1, 0.15) is 24.2 Å². The Morgan fingerprint density at radius 2 is 1.50 bits per heavy atom. The van der Waals surface area contributed by atoms with Crippen molar-refractivity contribution in [3.8, 4) is 28.7 Å². The molecule has 0 saturated carbocycles. The highest BCUT2D eigenvalue weighted by Gasteiger charge is 2.53. The SMILES string of the molecule is C[C@H]1O[C@@H](OC[C@H]2O[C@H](OC3(O)Cc4c(O)cc(OCCO)cc4OC3c3ccc(O)c(O)c3)[C@H](O)[C@@H](O)[C@@H]2O)[C@@H](O)[C@@H](O)[C@@H]1O. The van der Waals surface area contributed by atoms with Crippen LogP contribution in [0.3, 0.4) is 0 Å². The van der Waals surface area contributed by atoms with Crippen molar-refractivity contribution in [2.45, 2.75) is 86.6 Å². The van der Waals surface area contributed by atoms with Crippen molar-refractivity contribution in [1.82, 2.24) is 0 Å². The van der Waals surface area contributed by atoms with Gasteiger partial charge in [0.2, 0.25) is 5.79 Å². The fourth-order valence-electron chi connectivity index (χ4n) is 5.53. The quantitative estimate of drug-likeness (QED) is 0.0959. The number of aromatic hydroxyl groups is 3. The van der Waals surface area contributed by atoms with Crippen molar-refractivity contribution in [2.75, 3.05) is 19.8 Å². The highest BCUT2D eigenvalue weighted by Crippen LogP contribution is 2.48. The van der Waals surface area contributed by atoms with Crippen LogP contribution in [-0.4, -0.2) is 143 Å². The minimum Gasteiger partial charge on any atom is -0.507 e. The second-order valence-electron chi connectivity index (χ2n) is 11.4. The number of ether oxygens (including phenoxy) is 6. The van der Waals surface area contributed by atoms with E-state index in [0.29, 0.717) is 0 Å². The van der Waals surface area contributed by atoms with E-state index in [0.717, 1.165) is 12.1 Å². The zero-order chi connectivity index (χ0) is 33.5. The van der Waals surface area contributed by atoms with Crippen LogP contribution in [0.5, 0.6) is 28.7 Å². The maximum Gasteiger partial charge on any atom is 0.214 e. The summed E-state index contributed by atoms with van der Waals surface area (Å²) in [4.78, 5) is 0. The summed E-state index contributed by atoms with van der Waals surface area (Å²) in [7, 11) is 0. The highest BCUT2D eigenvalue weighted by molar-refractivity contribution is 5.53. The lowest BCUT2D eigenvalue weighted by Crippen LogP contribution is -2.63. The molecule has 3 heterocycles. The first-order chi connectivity index (χ1) is 21.7. The number of phenols is 3. The summed E-state index contributed by atoms with van der Waals surface area (Å²) >= 11 is 0. The molecular formula is C29H38O17. The van der Waals surface area contributed by atoms with Crippen LogP contribution in [-0.2, 0) is 25.4 Å². The smallest absolute Gasteiger partial charge is 0.214 e. The third-order valence-corrected chi connectivity index (χ3v) is 8.13.